The van der Waals surface area contributed by atoms with E-state index in [-0.39, 0.29) is 17.3 Å². The van der Waals surface area contributed by atoms with Gasteiger partial charge in [0.2, 0.25) is 5.78 Å². The van der Waals surface area contributed by atoms with E-state index in [2.05, 4.69) is 20.4 Å². The van der Waals surface area contributed by atoms with E-state index in [1.165, 1.54) is 10.6 Å². The first-order valence-corrected chi connectivity index (χ1v) is 6.94. The monoisotopic (exact) mass is 297 g/mol. The van der Waals surface area contributed by atoms with Gasteiger partial charge in [0.15, 0.2) is 5.82 Å². The quantitative estimate of drug-likeness (QED) is 0.767. The molecule has 3 rings (SSSR count). The Morgan fingerprint density at radius 3 is 2.73 bits per heavy atom. The molecule has 112 valence electrons. The summed E-state index contributed by atoms with van der Waals surface area (Å²) < 4.78 is 1.42. The molecule has 0 atom stereocenters. The van der Waals surface area contributed by atoms with Crippen LogP contribution in [0.15, 0.2) is 35.1 Å². The van der Waals surface area contributed by atoms with E-state index in [1.54, 1.807) is 12.1 Å². The lowest BCUT2D eigenvalue weighted by atomic mass is 10.1. The molecule has 1 aromatic carbocycles. The van der Waals surface area contributed by atoms with Crippen LogP contribution >= 0.6 is 0 Å². The molecule has 22 heavy (non-hydrogen) atoms. The Morgan fingerprint density at radius 2 is 2.05 bits per heavy atom. The van der Waals surface area contributed by atoms with Crippen molar-refractivity contribution < 1.29 is 4.79 Å². The lowest BCUT2D eigenvalue weighted by molar-refractivity contribution is 0.102. The number of anilines is 1. The van der Waals surface area contributed by atoms with Gasteiger partial charge in [0.25, 0.3) is 11.5 Å². The molecule has 0 saturated carbocycles. The zero-order valence-electron chi connectivity index (χ0n) is 12.3. The summed E-state index contributed by atoms with van der Waals surface area (Å²) in [6.45, 7) is 3.86. The largest absolute Gasteiger partial charge is 0.306 e. The fourth-order valence-electron chi connectivity index (χ4n) is 2.07. The number of nitrogens with zero attached hydrogens (tertiary/aromatic N) is 3. The van der Waals surface area contributed by atoms with E-state index in [0.717, 1.165) is 5.56 Å². The molecule has 0 unspecified atom stereocenters. The summed E-state index contributed by atoms with van der Waals surface area (Å²) in [5.74, 6) is 0.883. The minimum Gasteiger partial charge on any atom is -0.306 e. The van der Waals surface area contributed by atoms with Gasteiger partial charge < -0.3 is 5.32 Å². The molecule has 0 aliphatic heterocycles. The Hall–Kier alpha value is -2.96. The van der Waals surface area contributed by atoms with Gasteiger partial charge in [0, 0.05) is 18.1 Å². The number of carbonyl (C=O) groups excluding carboxylic acids is 1. The Labute approximate surface area is 126 Å². The summed E-state index contributed by atoms with van der Waals surface area (Å²) in [7, 11) is 0. The van der Waals surface area contributed by atoms with Crippen molar-refractivity contribution in [3.63, 3.8) is 0 Å². The smallest absolute Gasteiger partial charge is 0.256 e. The molecule has 0 spiro atoms. The highest BCUT2D eigenvalue weighted by Crippen LogP contribution is 2.10. The second-order valence-electron chi connectivity index (χ2n) is 4.96. The van der Waals surface area contributed by atoms with Gasteiger partial charge in [-0.1, -0.05) is 24.6 Å². The van der Waals surface area contributed by atoms with Gasteiger partial charge >= 0.3 is 0 Å². The van der Waals surface area contributed by atoms with Gasteiger partial charge in [0.1, 0.15) is 5.82 Å². The summed E-state index contributed by atoms with van der Waals surface area (Å²) in [5, 5.41) is 6.95. The Bertz CT molecular complexity index is 892. The minimum absolute atomic E-state index is 0.288. The maximum Gasteiger partial charge on any atom is 0.256 e. The lowest BCUT2D eigenvalue weighted by Gasteiger charge is -2.06. The maximum absolute atomic E-state index is 12.3. The molecule has 7 nitrogen and oxygen atoms in total. The topological polar surface area (TPSA) is 92.1 Å². The van der Waals surface area contributed by atoms with Crippen LogP contribution in [-0.4, -0.2) is 25.5 Å². The van der Waals surface area contributed by atoms with E-state index < -0.39 is 0 Å². The number of H-pyrrole nitrogens is 1. The van der Waals surface area contributed by atoms with E-state index >= 15 is 0 Å². The first-order valence-electron chi connectivity index (χ1n) is 6.94. The van der Waals surface area contributed by atoms with Gasteiger partial charge in [-0.3, -0.25) is 14.6 Å². The highest BCUT2D eigenvalue weighted by atomic mass is 16.2. The Morgan fingerprint density at radius 1 is 1.32 bits per heavy atom. The SMILES string of the molecule is CCc1nc2[nH]c(=O)cc(NC(=O)c3ccc(C)cc3)n2n1. The molecule has 2 aromatic heterocycles. The van der Waals surface area contributed by atoms with Crippen molar-refractivity contribution in [2.75, 3.05) is 5.32 Å². The Kier molecular flexibility index (Phi) is 3.46. The average Bonchev–Trinajstić information content (AvgIpc) is 2.91. The molecule has 2 heterocycles. The molecule has 0 saturated heterocycles. The van der Waals surface area contributed by atoms with Crippen LogP contribution in [0, 0.1) is 6.92 Å². The van der Waals surface area contributed by atoms with Crippen LogP contribution in [0.25, 0.3) is 5.78 Å². The normalized spacial score (nSPS) is 10.8. The number of benzene rings is 1. The molecule has 3 aromatic rings. The van der Waals surface area contributed by atoms with E-state index in [4.69, 9.17) is 0 Å². The van der Waals surface area contributed by atoms with Crippen LogP contribution in [-0.2, 0) is 6.42 Å². The zero-order valence-corrected chi connectivity index (χ0v) is 12.3. The highest BCUT2D eigenvalue weighted by Gasteiger charge is 2.12. The van der Waals surface area contributed by atoms with E-state index in [9.17, 15) is 9.59 Å². The predicted octanol–water partition coefficient (Wildman–Crippen LogP) is 1.54. The number of hydrogen-bond donors (Lipinski definition) is 2. The second kappa shape index (κ2) is 5.44. The molecule has 0 fully saturated rings. The van der Waals surface area contributed by atoms with Gasteiger partial charge in [-0.25, -0.2) is 0 Å². The molecule has 0 aliphatic rings. The summed E-state index contributed by atoms with van der Waals surface area (Å²) in [6, 6.07) is 8.45. The number of aromatic nitrogens is 4. The molecule has 0 radical (unpaired) electrons. The standard InChI is InChI=1S/C15H15N5O2/c1-3-11-16-15-18-13(21)8-12(20(15)19-11)17-14(22)10-6-4-9(2)5-7-10/h4-8H,3H2,1-2H3,(H,17,22)(H,16,18,19,21). The van der Waals surface area contributed by atoms with Gasteiger partial charge in [-0.05, 0) is 19.1 Å². The number of rotatable bonds is 3. The highest BCUT2D eigenvalue weighted by molar-refractivity contribution is 6.03. The second-order valence-corrected chi connectivity index (χ2v) is 4.96. The number of nitrogens with one attached hydrogen (secondary N) is 2. The van der Waals surface area contributed by atoms with Crippen LogP contribution in [0.5, 0.6) is 0 Å². The fourth-order valence-corrected chi connectivity index (χ4v) is 2.07. The van der Waals surface area contributed by atoms with Crippen molar-refractivity contribution >= 4 is 17.5 Å². The van der Waals surface area contributed by atoms with Crippen molar-refractivity contribution in [1.29, 1.82) is 0 Å². The molecule has 1 amide bonds. The van der Waals surface area contributed by atoms with Crippen molar-refractivity contribution in [2.24, 2.45) is 0 Å². The van der Waals surface area contributed by atoms with Crippen LogP contribution in [0.2, 0.25) is 0 Å². The van der Waals surface area contributed by atoms with Gasteiger partial charge in [-0.15, -0.1) is 5.10 Å². The fraction of sp³-hybridized carbons (Fsp3) is 0.200. The molecule has 7 heteroatoms. The summed E-state index contributed by atoms with van der Waals surface area (Å²) in [6.07, 6.45) is 0.634. The van der Waals surface area contributed by atoms with Crippen LogP contribution < -0.4 is 10.9 Å². The number of carbonyl (C=O) groups is 1. The van der Waals surface area contributed by atoms with Crippen LogP contribution in [0.1, 0.15) is 28.7 Å². The molecular weight excluding hydrogens is 282 g/mol. The first kappa shape index (κ1) is 14.0. The number of hydrogen-bond acceptors (Lipinski definition) is 4. The van der Waals surface area contributed by atoms with Crippen molar-refractivity contribution in [2.45, 2.75) is 20.3 Å². The number of amides is 1. The lowest BCUT2D eigenvalue weighted by Crippen LogP contribution is -2.18. The van der Waals surface area contributed by atoms with Crippen LogP contribution in [0.4, 0.5) is 5.82 Å². The van der Waals surface area contributed by atoms with Crippen LogP contribution in [0.3, 0.4) is 0 Å². The summed E-state index contributed by atoms with van der Waals surface area (Å²) >= 11 is 0. The van der Waals surface area contributed by atoms with Gasteiger partial charge in [-0.2, -0.15) is 9.50 Å². The van der Waals surface area contributed by atoms with E-state index in [1.807, 2.05) is 26.0 Å². The molecular formula is C15H15N5O2. The maximum atomic E-state index is 12.3. The Balaban J connectivity index is 1.99. The molecule has 0 aliphatic carbocycles. The first-order chi connectivity index (χ1) is 10.6. The van der Waals surface area contributed by atoms with Crippen molar-refractivity contribution in [3.8, 4) is 0 Å². The van der Waals surface area contributed by atoms with E-state index in [0.29, 0.717) is 23.6 Å². The predicted molar refractivity (Wildman–Crippen MR) is 82.1 cm³/mol. The number of fused-ring (bicyclic) bond motifs is 1. The van der Waals surface area contributed by atoms with Crippen molar-refractivity contribution in [3.05, 3.63) is 57.6 Å². The molecule has 0 bridgehead atoms. The minimum atomic E-state index is -0.346. The summed E-state index contributed by atoms with van der Waals surface area (Å²) in [4.78, 5) is 30.7. The summed E-state index contributed by atoms with van der Waals surface area (Å²) in [5.41, 5.74) is 1.23. The third kappa shape index (κ3) is 2.60. The number of aromatic amines is 1. The average molecular weight is 297 g/mol. The zero-order chi connectivity index (χ0) is 15.7. The third-order valence-electron chi connectivity index (χ3n) is 3.25. The van der Waals surface area contributed by atoms with Crippen molar-refractivity contribution in [1.82, 2.24) is 19.6 Å². The number of aryl methyl sites for hydroxylation is 2. The third-order valence-corrected chi connectivity index (χ3v) is 3.25. The van der Waals surface area contributed by atoms with Gasteiger partial charge in [0.05, 0.1) is 0 Å². The molecule has 2 N–H and O–H groups in total.